The van der Waals surface area contributed by atoms with E-state index in [-0.39, 0.29) is 0 Å². The Morgan fingerprint density at radius 1 is 0.708 bits per heavy atom. The van der Waals surface area contributed by atoms with Crippen molar-refractivity contribution in [1.82, 2.24) is 19.9 Å². The first-order valence-corrected chi connectivity index (χ1v) is 8.56. The Hall–Kier alpha value is -2.62. The van der Waals surface area contributed by atoms with Gasteiger partial charge in [-0.2, -0.15) is 0 Å². The van der Waals surface area contributed by atoms with Gasteiger partial charge in [0.15, 0.2) is 5.82 Å². The fourth-order valence-electron chi connectivity index (χ4n) is 2.81. The molecule has 0 bridgehead atoms. The molecule has 3 aromatic heterocycles. The van der Waals surface area contributed by atoms with Crippen LogP contribution >= 0.6 is 0 Å². The van der Waals surface area contributed by atoms with E-state index in [9.17, 15) is 0 Å². The molecule has 0 unspecified atom stereocenters. The number of rotatable bonds is 6. The predicted octanol–water partition coefficient (Wildman–Crippen LogP) is 4.51. The largest absolute Gasteiger partial charge is 0.256 e. The third kappa shape index (κ3) is 3.48. The Balaban J connectivity index is 2.20. The highest BCUT2D eigenvalue weighted by Crippen LogP contribution is 2.28. The van der Waals surface area contributed by atoms with Gasteiger partial charge in [0.1, 0.15) is 5.69 Å². The summed E-state index contributed by atoms with van der Waals surface area (Å²) in [5.41, 5.74) is 5.00. The molecule has 0 aliphatic rings. The second kappa shape index (κ2) is 7.77. The number of aromatic nitrogens is 4. The summed E-state index contributed by atoms with van der Waals surface area (Å²) in [6, 6.07) is 11.8. The Bertz CT molecular complexity index is 758. The van der Waals surface area contributed by atoms with Gasteiger partial charge in [-0.25, -0.2) is 9.97 Å². The molecule has 3 rings (SSSR count). The highest BCUT2D eigenvalue weighted by atomic mass is 14.9. The number of hydrogen-bond donors (Lipinski definition) is 0. The van der Waals surface area contributed by atoms with Crippen molar-refractivity contribution >= 4 is 0 Å². The SMILES string of the molecule is CCCc1nc(-c2ccccn2)nc(CCC)c1-c1ccccn1. The maximum absolute atomic E-state index is 4.84. The van der Waals surface area contributed by atoms with E-state index in [4.69, 9.17) is 9.97 Å². The van der Waals surface area contributed by atoms with Crippen molar-refractivity contribution in [3.63, 3.8) is 0 Å². The van der Waals surface area contributed by atoms with Gasteiger partial charge in [-0.05, 0) is 37.1 Å². The lowest BCUT2D eigenvalue weighted by molar-refractivity contribution is 0.834. The van der Waals surface area contributed by atoms with Crippen LogP contribution in [0.15, 0.2) is 48.8 Å². The molecular weight excluding hydrogens is 296 g/mol. The van der Waals surface area contributed by atoms with Crippen LogP contribution in [0, 0.1) is 0 Å². The molecule has 0 atom stereocenters. The average Bonchev–Trinajstić information content (AvgIpc) is 2.63. The molecule has 4 heteroatoms. The van der Waals surface area contributed by atoms with Crippen LogP contribution in [0.4, 0.5) is 0 Å². The van der Waals surface area contributed by atoms with E-state index in [0.29, 0.717) is 5.82 Å². The van der Waals surface area contributed by atoms with E-state index < -0.39 is 0 Å². The fraction of sp³-hybridized carbons (Fsp3) is 0.300. The van der Waals surface area contributed by atoms with Crippen LogP contribution in [0.3, 0.4) is 0 Å². The highest BCUT2D eigenvalue weighted by Gasteiger charge is 2.17. The molecule has 0 N–H and O–H groups in total. The van der Waals surface area contributed by atoms with Gasteiger partial charge in [-0.1, -0.05) is 38.8 Å². The third-order valence-corrected chi connectivity index (χ3v) is 3.85. The Morgan fingerprint density at radius 2 is 1.25 bits per heavy atom. The Morgan fingerprint density at radius 3 is 1.71 bits per heavy atom. The van der Waals surface area contributed by atoms with Crippen molar-refractivity contribution < 1.29 is 0 Å². The molecular formula is C20H22N4. The second-order valence-corrected chi connectivity index (χ2v) is 5.75. The van der Waals surface area contributed by atoms with Gasteiger partial charge < -0.3 is 0 Å². The highest BCUT2D eigenvalue weighted by molar-refractivity contribution is 5.67. The molecule has 0 aliphatic carbocycles. The Labute approximate surface area is 143 Å². The van der Waals surface area contributed by atoms with E-state index in [0.717, 1.165) is 54.0 Å². The van der Waals surface area contributed by atoms with Crippen LogP contribution in [-0.2, 0) is 12.8 Å². The topological polar surface area (TPSA) is 51.6 Å². The molecule has 122 valence electrons. The van der Waals surface area contributed by atoms with Crippen LogP contribution < -0.4 is 0 Å². The van der Waals surface area contributed by atoms with Gasteiger partial charge in [0, 0.05) is 18.0 Å². The van der Waals surface area contributed by atoms with E-state index in [2.05, 4.69) is 23.8 Å². The Kier molecular flexibility index (Phi) is 5.26. The quantitative estimate of drug-likeness (QED) is 0.671. The maximum Gasteiger partial charge on any atom is 0.178 e. The normalized spacial score (nSPS) is 10.8. The zero-order chi connectivity index (χ0) is 16.8. The van der Waals surface area contributed by atoms with Crippen molar-refractivity contribution in [3.8, 4) is 22.8 Å². The molecule has 0 radical (unpaired) electrons. The number of pyridine rings is 2. The number of hydrogen-bond acceptors (Lipinski definition) is 4. The van der Waals surface area contributed by atoms with Crippen LogP contribution in [0.2, 0.25) is 0 Å². The summed E-state index contributed by atoms with van der Waals surface area (Å²) in [6.45, 7) is 4.34. The summed E-state index contributed by atoms with van der Waals surface area (Å²) < 4.78 is 0. The minimum atomic E-state index is 0.710. The molecule has 4 nitrogen and oxygen atoms in total. The van der Waals surface area contributed by atoms with Gasteiger partial charge in [0.05, 0.1) is 17.1 Å². The summed E-state index contributed by atoms with van der Waals surface area (Å²) >= 11 is 0. The average molecular weight is 318 g/mol. The van der Waals surface area contributed by atoms with Crippen molar-refractivity contribution in [2.24, 2.45) is 0 Å². The maximum atomic E-state index is 4.84. The smallest absolute Gasteiger partial charge is 0.178 e. The predicted molar refractivity (Wildman–Crippen MR) is 96.5 cm³/mol. The lowest BCUT2D eigenvalue weighted by Gasteiger charge is -2.14. The molecule has 0 aliphatic heterocycles. The summed E-state index contributed by atoms with van der Waals surface area (Å²) in [6.07, 6.45) is 7.49. The molecule has 0 aromatic carbocycles. The standard InChI is InChI=1S/C20H22N4/c1-3-9-16-19(15-11-5-7-13-21-15)17(10-4-2)24-20(23-16)18-12-6-8-14-22-18/h5-8,11-14H,3-4,9-10H2,1-2H3. The first kappa shape index (κ1) is 16.2. The first-order valence-electron chi connectivity index (χ1n) is 8.56. The second-order valence-electron chi connectivity index (χ2n) is 5.75. The van der Waals surface area contributed by atoms with Gasteiger partial charge in [-0.15, -0.1) is 0 Å². The minimum Gasteiger partial charge on any atom is -0.256 e. The zero-order valence-corrected chi connectivity index (χ0v) is 14.2. The summed E-state index contributed by atoms with van der Waals surface area (Å²) in [7, 11) is 0. The molecule has 3 heterocycles. The molecule has 24 heavy (non-hydrogen) atoms. The van der Waals surface area contributed by atoms with Crippen LogP contribution in [0.5, 0.6) is 0 Å². The van der Waals surface area contributed by atoms with Gasteiger partial charge in [-0.3, -0.25) is 9.97 Å². The van der Waals surface area contributed by atoms with Gasteiger partial charge in [0.2, 0.25) is 0 Å². The molecule has 0 saturated carbocycles. The lowest BCUT2D eigenvalue weighted by Crippen LogP contribution is -2.07. The van der Waals surface area contributed by atoms with Gasteiger partial charge in [0.25, 0.3) is 0 Å². The zero-order valence-electron chi connectivity index (χ0n) is 14.2. The lowest BCUT2D eigenvalue weighted by atomic mass is 10.0. The van der Waals surface area contributed by atoms with Crippen molar-refractivity contribution in [2.45, 2.75) is 39.5 Å². The van der Waals surface area contributed by atoms with E-state index in [1.165, 1.54) is 0 Å². The summed E-state index contributed by atoms with van der Waals surface area (Å²) in [4.78, 5) is 18.6. The van der Waals surface area contributed by atoms with Crippen LogP contribution in [-0.4, -0.2) is 19.9 Å². The fourth-order valence-corrected chi connectivity index (χ4v) is 2.81. The summed E-state index contributed by atoms with van der Waals surface area (Å²) in [5, 5.41) is 0. The van der Waals surface area contributed by atoms with E-state index in [1.54, 1.807) is 6.20 Å². The first-order chi connectivity index (χ1) is 11.8. The molecule has 0 fully saturated rings. The van der Waals surface area contributed by atoms with E-state index >= 15 is 0 Å². The van der Waals surface area contributed by atoms with E-state index in [1.807, 2.05) is 42.6 Å². The van der Waals surface area contributed by atoms with Gasteiger partial charge >= 0.3 is 0 Å². The third-order valence-electron chi connectivity index (χ3n) is 3.85. The molecule has 0 spiro atoms. The molecule has 3 aromatic rings. The van der Waals surface area contributed by atoms with Crippen molar-refractivity contribution in [3.05, 3.63) is 60.2 Å². The molecule has 0 amide bonds. The minimum absolute atomic E-state index is 0.710. The number of aryl methyl sites for hydroxylation is 2. The molecule has 0 saturated heterocycles. The number of nitrogens with zero attached hydrogens (tertiary/aromatic N) is 4. The van der Waals surface area contributed by atoms with Crippen LogP contribution in [0.25, 0.3) is 22.8 Å². The summed E-state index contributed by atoms with van der Waals surface area (Å²) in [5.74, 6) is 0.710. The monoisotopic (exact) mass is 318 g/mol. The van der Waals surface area contributed by atoms with Crippen molar-refractivity contribution in [2.75, 3.05) is 0 Å². The van der Waals surface area contributed by atoms with Crippen LogP contribution in [0.1, 0.15) is 38.1 Å². The van der Waals surface area contributed by atoms with Crippen molar-refractivity contribution in [1.29, 1.82) is 0 Å².